The Kier molecular flexibility index (Phi) is 11.8. The molecule has 2 saturated heterocycles. The van der Waals surface area contributed by atoms with Crippen LogP contribution in [0.4, 0.5) is 0 Å². The Morgan fingerprint density at radius 3 is 2.71 bits per heavy atom. The summed E-state index contributed by atoms with van der Waals surface area (Å²) in [5.41, 5.74) is 6.37. The Bertz CT molecular complexity index is 927. The molecule has 0 bridgehead atoms. The van der Waals surface area contributed by atoms with E-state index in [9.17, 15) is 14.4 Å². The fourth-order valence-electron chi connectivity index (χ4n) is 5.44. The maximum Gasteiger partial charge on any atom is 0.246 e. The van der Waals surface area contributed by atoms with E-state index in [0.717, 1.165) is 50.6 Å². The first-order valence-corrected chi connectivity index (χ1v) is 14.0. The number of ether oxygens (including phenoxy) is 1. The highest BCUT2D eigenvalue weighted by Crippen LogP contribution is 2.44. The van der Waals surface area contributed by atoms with Gasteiger partial charge in [0, 0.05) is 6.54 Å². The first-order valence-electron chi connectivity index (χ1n) is 14.0. The largest absolute Gasteiger partial charge is 0.491 e. The highest BCUT2D eigenvalue weighted by atomic mass is 16.5. The molecule has 5 N–H and O–H groups in total. The van der Waals surface area contributed by atoms with Gasteiger partial charge in [-0.3, -0.25) is 14.4 Å². The van der Waals surface area contributed by atoms with Crippen LogP contribution in [0.1, 0.15) is 63.0 Å². The minimum absolute atomic E-state index is 0.120. The molecule has 3 rings (SSSR count). The van der Waals surface area contributed by atoms with Crippen molar-refractivity contribution < 1.29 is 24.2 Å². The van der Waals surface area contributed by atoms with Crippen LogP contribution in [-0.4, -0.2) is 91.7 Å². The number of nitrogens with one attached hydrogen (secondary N) is 2. The molecule has 0 radical (unpaired) electrons. The maximum absolute atomic E-state index is 13.6. The number of nitrogens with two attached hydrogens (primary N) is 1. The summed E-state index contributed by atoms with van der Waals surface area (Å²) in [5.74, 6) is -0.519. The summed E-state index contributed by atoms with van der Waals surface area (Å²) in [4.78, 5) is 44.0. The summed E-state index contributed by atoms with van der Waals surface area (Å²) < 4.78 is 5.60. The molecule has 212 valence electrons. The van der Waals surface area contributed by atoms with E-state index in [0.29, 0.717) is 25.3 Å². The van der Waals surface area contributed by atoms with Crippen molar-refractivity contribution in [2.75, 3.05) is 46.9 Å². The van der Waals surface area contributed by atoms with Crippen LogP contribution in [0, 0.1) is 5.92 Å². The van der Waals surface area contributed by atoms with E-state index in [1.54, 1.807) is 17.0 Å². The number of hydrogen-bond acceptors (Lipinski definition) is 7. The molecule has 0 aliphatic carbocycles. The Morgan fingerprint density at radius 2 is 1.97 bits per heavy atom. The predicted molar refractivity (Wildman–Crippen MR) is 145 cm³/mol. The number of benzene rings is 1. The smallest absolute Gasteiger partial charge is 0.246 e. The molecule has 2 fully saturated rings. The van der Waals surface area contributed by atoms with Gasteiger partial charge in [0.2, 0.25) is 17.7 Å². The Labute approximate surface area is 226 Å². The van der Waals surface area contributed by atoms with Crippen molar-refractivity contribution in [1.82, 2.24) is 20.4 Å². The molecular weight excluding hydrogens is 486 g/mol. The summed E-state index contributed by atoms with van der Waals surface area (Å²) in [6.45, 7) is 2.17. The molecule has 3 amide bonds. The van der Waals surface area contributed by atoms with Crippen molar-refractivity contribution in [2.24, 2.45) is 11.7 Å². The third kappa shape index (κ3) is 7.91. The van der Waals surface area contributed by atoms with Crippen LogP contribution in [0.3, 0.4) is 0 Å². The van der Waals surface area contributed by atoms with Crippen molar-refractivity contribution >= 4 is 17.7 Å². The number of aliphatic hydroxyl groups is 1. The first kappa shape index (κ1) is 29.9. The van der Waals surface area contributed by atoms with Crippen LogP contribution in [0.15, 0.2) is 24.3 Å². The van der Waals surface area contributed by atoms with E-state index in [2.05, 4.69) is 29.6 Å². The van der Waals surface area contributed by atoms with Gasteiger partial charge in [-0.15, -0.1) is 0 Å². The highest BCUT2D eigenvalue weighted by molar-refractivity contribution is 5.99. The summed E-state index contributed by atoms with van der Waals surface area (Å²) in [6, 6.07) is 5.37. The maximum atomic E-state index is 13.6. The molecule has 10 heteroatoms. The number of hydrogen-bond donors (Lipinski definition) is 4. The van der Waals surface area contributed by atoms with Crippen LogP contribution < -0.4 is 21.1 Å². The van der Waals surface area contributed by atoms with Gasteiger partial charge < -0.3 is 36.0 Å². The molecule has 2 aliphatic rings. The van der Waals surface area contributed by atoms with Crippen LogP contribution in [0.2, 0.25) is 0 Å². The summed E-state index contributed by atoms with van der Waals surface area (Å²) in [6.07, 6.45) is 6.45. The number of carbonyl (C=O) groups is 3. The number of unbranched alkanes of at least 4 members (excludes halogenated alkanes) is 4. The third-order valence-electron chi connectivity index (χ3n) is 7.34. The molecule has 0 unspecified atom stereocenters. The molecule has 1 aromatic carbocycles. The lowest BCUT2D eigenvalue weighted by molar-refractivity contribution is -0.149. The lowest BCUT2D eigenvalue weighted by atomic mass is 9.92. The second-order valence-corrected chi connectivity index (χ2v) is 10.5. The highest BCUT2D eigenvalue weighted by Gasteiger charge is 2.54. The standard InChI is InChI=1S/C28H45N5O5/c1-32(2)15-8-4-3-7-14-30-26(35)22-19-24-27(36)31-23(12-5-6-13-29)28(37)33(24)25(22)20-10-9-11-21(18-20)38-17-16-34/h9-11,18,22-25,34H,3-8,12-17,19,29H2,1-2H3,(H,30,35)(H,31,36)/t22-,23-,24-,25-/m0/s1. The lowest BCUT2D eigenvalue weighted by Crippen LogP contribution is -2.61. The molecule has 0 aromatic heterocycles. The van der Waals surface area contributed by atoms with Crippen LogP contribution in [0.25, 0.3) is 0 Å². The van der Waals surface area contributed by atoms with E-state index < -0.39 is 24.0 Å². The van der Waals surface area contributed by atoms with E-state index in [1.807, 2.05) is 12.1 Å². The van der Waals surface area contributed by atoms with Crippen molar-refractivity contribution in [1.29, 1.82) is 0 Å². The number of nitrogens with zero attached hydrogens (tertiary/aromatic N) is 2. The average molecular weight is 532 g/mol. The molecule has 4 atom stereocenters. The second-order valence-electron chi connectivity index (χ2n) is 10.5. The Balaban J connectivity index is 1.76. The quantitative estimate of drug-likeness (QED) is 0.235. The fourth-order valence-corrected chi connectivity index (χ4v) is 5.44. The average Bonchev–Trinajstić information content (AvgIpc) is 3.31. The van der Waals surface area contributed by atoms with Crippen molar-refractivity contribution in [3.05, 3.63) is 29.8 Å². The minimum Gasteiger partial charge on any atom is -0.491 e. The number of carbonyl (C=O) groups excluding carboxylic acids is 3. The molecule has 1 aromatic rings. The van der Waals surface area contributed by atoms with Gasteiger partial charge in [0.15, 0.2) is 0 Å². The van der Waals surface area contributed by atoms with E-state index in [-0.39, 0.29) is 37.4 Å². The molecule has 0 saturated carbocycles. The summed E-state index contributed by atoms with van der Waals surface area (Å²) >= 11 is 0. The van der Waals surface area contributed by atoms with Gasteiger partial charge in [-0.1, -0.05) is 25.0 Å². The van der Waals surface area contributed by atoms with Crippen molar-refractivity contribution in [3.63, 3.8) is 0 Å². The van der Waals surface area contributed by atoms with Crippen molar-refractivity contribution in [3.8, 4) is 5.75 Å². The molecule has 0 spiro atoms. The lowest BCUT2D eigenvalue weighted by Gasteiger charge is -2.38. The van der Waals surface area contributed by atoms with Gasteiger partial charge in [-0.2, -0.15) is 0 Å². The fraction of sp³-hybridized carbons (Fsp3) is 0.679. The zero-order valence-electron chi connectivity index (χ0n) is 22.9. The Hall–Kier alpha value is -2.69. The molecule has 38 heavy (non-hydrogen) atoms. The molecule has 10 nitrogen and oxygen atoms in total. The van der Waals surface area contributed by atoms with Gasteiger partial charge in [0.05, 0.1) is 18.6 Å². The van der Waals surface area contributed by atoms with Crippen LogP contribution >= 0.6 is 0 Å². The number of piperazine rings is 1. The normalized spacial score (nSPS) is 22.9. The van der Waals surface area contributed by atoms with E-state index >= 15 is 0 Å². The third-order valence-corrected chi connectivity index (χ3v) is 7.34. The SMILES string of the molecule is CN(C)CCCCCCNC(=O)[C@H]1C[C@H]2C(=O)N[C@@H](CCCCN)C(=O)N2[C@H]1c1cccc(OCCO)c1. The van der Waals surface area contributed by atoms with Crippen molar-refractivity contribution in [2.45, 2.75) is 69.5 Å². The second kappa shape index (κ2) is 15.0. The van der Waals surface area contributed by atoms with Crippen LogP contribution in [-0.2, 0) is 14.4 Å². The Morgan fingerprint density at radius 1 is 1.18 bits per heavy atom. The number of fused-ring (bicyclic) bond motifs is 1. The molecule has 2 aliphatic heterocycles. The monoisotopic (exact) mass is 531 g/mol. The summed E-state index contributed by atoms with van der Waals surface area (Å²) in [5, 5.41) is 15.1. The minimum atomic E-state index is -0.693. The number of aliphatic hydroxyl groups excluding tert-OH is 1. The zero-order chi connectivity index (χ0) is 27.5. The van der Waals surface area contributed by atoms with Gasteiger partial charge in [-0.25, -0.2) is 0 Å². The molecular formula is C28H45N5O5. The van der Waals surface area contributed by atoms with E-state index in [4.69, 9.17) is 15.6 Å². The van der Waals surface area contributed by atoms with Gasteiger partial charge in [0.1, 0.15) is 24.4 Å². The van der Waals surface area contributed by atoms with Gasteiger partial charge in [-0.05, 0) is 83.4 Å². The van der Waals surface area contributed by atoms with Gasteiger partial charge >= 0.3 is 0 Å². The van der Waals surface area contributed by atoms with Gasteiger partial charge in [0.25, 0.3) is 0 Å². The van der Waals surface area contributed by atoms with Crippen LogP contribution in [0.5, 0.6) is 5.75 Å². The first-order chi connectivity index (χ1) is 18.4. The number of amides is 3. The predicted octanol–water partition coefficient (Wildman–Crippen LogP) is 1.18. The zero-order valence-corrected chi connectivity index (χ0v) is 22.9. The van der Waals surface area contributed by atoms with E-state index in [1.165, 1.54) is 0 Å². The number of rotatable bonds is 16. The summed E-state index contributed by atoms with van der Waals surface area (Å²) in [7, 11) is 4.13. The topological polar surface area (TPSA) is 137 Å². The molecule has 2 heterocycles.